The summed E-state index contributed by atoms with van der Waals surface area (Å²) >= 11 is 0. The van der Waals surface area contributed by atoms with Gasteiger partial charge in [-0.2, -0.15) is 0 Å². The van der Waals surface area contributed by atoms with Gasteiger partial charge >= 0.3 is 0 Å². The van der Waals surface area contributed by atoms with Gasteiger partial charge in [-0.15, -0.1) is 0 Å². The third-order valence-electron chi connectivity index (χ3n) is 3.60. The summed E-state index contributed by atoms with van der Waals surface area (Å²) in [6.07, 6.45) is 4.12. The van der Waals surface area contributed by atoms with Crippen LogP contribution in [0.1, 0.15) is 37.9 Å². The van der Waals surface area contributed by atoms with Crippen molar-refractivity contribution in [2.45, 2.75) is 46.2 Å². The third kappa shape index (κ3) is 4.76. The van der Waals surface area contributed by atoms with E-state index in [1.165, 1.54) is 0 Å². The monoisotopic (exact) mass is 278 g/mol. The molecule has 0 aliphatic carbocycles. The highest BCUT2D eigenvalue weighted by atomic mass is 16.5. The molecule has 1 aliphatic heterocycles. The first-order valence-electron chi connectivity index (χ1n) is 7.54. The van der Waals surface area contributed by atoms with Gasteiger partial charge in [0.15, 0.2) is 0 Å². The maximum Gasteiger partial charge on any atom is 0.127 e. The van der Waals surface area contributed by atoms with Crippen LogP contribution in [0.2, 0.25) is 0 Å². The van der Waals surface area contributed by atoms with Crippen LogP contribution in [-0.4, -0.2) is 30.8 Å². The molecule has 0 radical (unpaired) electrons. The van der Waals surface area contributed by atoms with Crippen LogP contribution < -0.4 is 10.1 Å². The second-order valence-corrected chi connectivity index (χ2v) is 5.84. The summed E-state index contributed by atoms with van der Waals surface area (Å²) in [7, 11) is 0. The summed E-state index contributed by atoms with van der Waals surface area (Å²) in [6, 6.07) is 2.50. The van der Waals surface area contributed by atoms with E-state index in [9.17, 15) is 0 Å². The average molecular weight is 278 g/mol. The van der Waals surface area contributed by atoms with Crippen LogP contribution in [0.5, 0.6) is 5.75 Å². The van der Waals surface area contributed by atoms with Crippen molar-refractivity contribution in [1.29, 1.82) is 0 Å². The standard InChI is InChI=1S/C16H26N2O2/c1-12(2)17-9-15-10-18-13(3)8-16(15)20-11-14-4-6-19-7-5-14/h8,10,12,14,17H,4-7,9,11H2,1-3H3. The number of ether oxygens (including phenoxy) is 2. The van der Waals surface area contributed by atoms with Crippen molar-refractivity contribution in [2.75, 3.05) is 19.8 Å². The van der Waals surface area contributed by atoms with Crippen molar-refractivity contribution >= 4 is 0 Å². The molecule has 1 aliphatic rings. The molecule has 0 aromatic carbocycles. The maximum absolute atomic E-state index is 6.05. The lowest BCUT2D eigenvalue weighted by atomic mass is 10.0. The Labute approximate surface area is 121 Å². The molecule has 2 rings (SSSR count). The van der Waals surface area contributed by atoms with E-state index >= 15 is 0 Å². The fourth-order valence-electron chi connectivity index (χ4n) is 2.26. The molecule has 0 saturated carbocycles. The Balaban J connectivity index is 1.95. The normalized spacial score (nSPS) is 16.6. The largest absolute Gasteiger partial charge is 0.493 e. The number of hydrogen-bond acceptors (Lipinski definition) is 4. The van der Waals surface area contributed by atoms with Crippen LogP contribution in [0, 0.1) is 12.8 Å². The van der Waals surface area contributed by atoms with E-state index < -0.39 is 0 Å². The predicted octanol–water partition coefficient (Wildman–Crippen LogP) is 2.69. The number of hydrogen-bond donors (Lipinski definition) is 1. The summed E-state index contributed by atoms with van der Waals surface area (Å²) in [5.74, 6) is 1.58. The smallest absolute Gasteiger partial charge is 0.127 e. The molecule has 0 amide bonds. The van der Waals surface area contributed by atoms with E-state index in [2.05, 4.69) is 24.1 Å². The molecule has 2 heterocycles. The van der Waals surface area contributed by atoms with Crippen LogP contribution in [0.4, 0.5) is 0 Å². The summed E-state index contributed by atoms with van der Waals surface area (Å²) < 4.78 is 11.4. The Morgan fingerprint density at radius 1 is 1.40 bits per heavy atom. The van der Waals surface area contributed by atoms with Crippen molar-refractivity contribution in [2.24, 2.45) is 5.92 Å². The minimum atomic E-state index is 0.458. The molecule has 4 nitrogen and oxygen atoms in total. The molecular weight excluding hydrogens is 252 g/mol. The molecule has 1 saturated heterocycles. The summed E-state index contributed by atoms with van der Waals surface area (Å²) in [6.45, 7) is 9.60. The van der Waals surface area contributed by atoms with Crippen LogP contribution in [-0.2, 0) is 11.3 Å². The summed E-state index contributed by atoms with van der Waals surface area (Å²) in [4.78, 5) is 4.37. The lowest BCUT2D eigenvalue weighted by molar-refractivity contribution is 0.0495. The highest BCUT2D eigenvalue weighted by Gasteiger charge is 2.15. The fraction of sp³-hybridized carbons (Fsp3) is 0.688. The predicted molar refractivity (Wildman–Crippen MR) is 80.0 cm³/mol. The Morgan fingerprint density at radius 2 is 2.15 bits per heavy atom. The zero-order valence-corrected chi connectivity index (χ0v) is 12.8. The lowest BCUT2D eigenvalue weighted by Gasteiger charge is -2.23. The van der Waals surface area contributed by atoms with Crippen LogP contribution in [0.15, 0.2) is 12.3 Å². The van der Waals surface area contributed by atoms with Gasteiger partial charge < -0.3 is 14.8 Å². The molecule has 1 fully saturated rings. The van der Waals surface area contributed by atoms with Gasteiger partial charge in [0.1, 0.15) is 5.75 Å². The Hall–Kier alpha value is -1.13. The van der Waals surface area contributed by atoms with Crippen LogP contribution in [0.3, 0.4) is 0 Å². The van der Waals surface area contributed by atoms with Crippen molar-refractivity contribution < 1.29 is 9.47 Å². The van der Waals surface area contributed by atoms with Crippen LogP contribution in [0.25, 0.3) is 0 Å². The highest BCUT2D eigenvalue weighted by Crippen LogP contribution is 2.22. The van der Waals surface area contributed by atoms with Gasteiger partial charge in [-0.1, -0.05) is 13.8 Å². The molecular formula is C16H26N2O2. The molecule has 1 aromatic rings. The number of aryl methyl sites for hydroxylation is 1. The quantitative estimate of drug-likeness (QED) is 0.869. The number of nitrogens with zero attached hydrogens (tertiary/aromatic N) is 1. The number of aromatic nitrogens is 1. The van der Waals surface area contributed by atoms with Crippen molar-refractivity contribution in [1.82, 2.24) is 10.3 Å². The summed E-state index contributed by atoms with van der Waals surface area (Å²) in [5, 5.41) is 3.42. The molecule has 0 unspecified atom stereocenters. The number of pyridine rings is 1. The summed E-state index contributed by atoms with van der Waals surface area (Å²) in [5.41, 5.74) is 2.14. The Kier molecular flexibility index (Phi) is 5.80. The van der Waals surface area contributed by atoms with Crippen molar-refractivity contribution in [3.8, 4) is 5.75 Å². The van der Waals surface area contributed by atoms with E-state index in [0.29, 0.717) is 12.0 Å². The second-order valence-electron chi connectivity index (χ2n) is 5.84. The van der Waals surface area contributed by atoms with Gasteiger partial charge in [0.05, 0.1) is 6.61 Å². The average Bonchev–Trinajstić information content (AvgIpc) is 2.45. The van der Waals surface area contributed by atoms with Gasteiger partial charge in [-0.3, -0.25) is 4.98 Å². The topological polar surface area (TPSA) is 43.4 Å². The molecule has 4 heteroatoms. The minimum absolute atomic E-state index is 0.458. The van der Waals surface area contributed by atoms with Gasteiger partial charge in [-0.25, -0.2) is 0 Å². The minimum Gasteiger partial charge on any atom is -0.493 e. The first-order chi connectivity index (χ1) is 9.65. The fourth-order valence-corrected chi connectivity index (χ4v) is 2.26. The Bertz CT molecular complexity index is 415. The molecule has 0 bridgehead atoms. The van der Waals surface area contributed by atoms with Gasteiger partial charge in [-0.05, 0) is 25.7 Å². The van der Waals surface area contributed by atoms with E-state index in [1.807, 2.05) is 19.2 Å². The zero-order chi connectivity index (χ0) is 14.4. The second kappa shape index (κ2) is 7.60. The van der Waals surface area contributed by atoms with E-state index in [-0.39, 0.29) is 0 Å². The third-order valence-corrected chi connectivity index (χ3v) is 3.60. The van der Waals surface area contributed by atoms with Crippen molar-refractivity contribution in [3.05, 3.63) is 23.5 Å². The first kappa shape index (κ1) is 15.3. The van der Waals surface area contributed by atoms with E-state index in [1.54, 1.807) is 0 Å². The lowest BCUT2D eigenvalue weighted by Crippen LogP contribution is -2.24. The molecule has 0 atom stereocenters. The van der Waals surface area contributed by atoms with E-state index in [4.69, 9.17) is 9.47 Å². The molecule has 0 spiro atoms. The molecule has 20 heavy (non-hydrogen) atoms. The zero-order valence-electron chi connectivity index (χ0n) is 12.8. The van der Waals surface area contributed by atoms with Gasteiger partial charge in [0.25, 0.3) is 0 Å². The molecule has 1 N–H and O–H groups in total. The SMILES string of the molecule is Cc1cc(OCC2CCOCC2)c(CNC(C)C)cn1. The van der Waals surface area contributed by atoms with Gasteiger partial charge in [0.2, 0.25) is 0 Å². The first-order valence-corrected chi connectivity index (χ1v) is 7.54. The Morgan fingerprint density at radius 3 is 2.85 bits per heavy atom. The van der Waals surface area contributed by atoms with Gasteiger partial charge in [0, 0.05) is 49.3 Å². The van der Waals surface area contributed by atoms with Crippen molar-refractivity contribution in [3.63, 3.8) is 0 Å². The van der Waals surface area contributed by atoms with Crippen LogP contribution >= 0.6 is 0 Å². The van der Waals surface area contributed by atoms with E-state index in [0.717, 1.165) is 56.2 Å². The number of rotatable bonds is 6. The maximum atomic E-state index is 6.05. The highest BCUT2D eigenvalue weighted by molar-refractivity contribution is 5.32. The molecule has 112 valence electrons. The number of nitrogens with one attached hydrogen (secondary N) is 1. The molecule has 1 aromatic heterocycles.